The van der Waals surface area contributed by atoms with Crippen LogP contribution in [0.2, 0.25) is 0 Å². The maximum absolute atomic E-state index is 4.56. The summed E-state index contributed by atoms with van der Waals surface area (Å²) in [5, 5.41) is 9.11. The summed E-state index contributed by atoms with van der Waals surface area (Å²) in [7, 11) is 0. The van der Waals surface area contributed by atoms with Gasteiger partial charge in [-0.05, 0) is 31.4 Å². The summed E-state index contributed by atoms with van der Waals surface area (Å²) in [6.07, 6.45) is 1.18. The molecule has 4 rings (SSSR count). The van der Waals surface area contributed by atoms with Crippen LogP contribution in [0.5, 0.6) is 0 Å². The fourth-order valence-corrected chi connectivity index (χ4v) is 3.21. The summed E-state index contributed by atoms with van der Waals surface area (Å²) in [6.45, 7) is 4.25. The third-order valence-corrected chi connectivity index (χ3v) is 4.39. The van der Waals surface area contributed by atoms with Crippen molar-refractivity contribution >= 4 is 11.4 Å². The van der Waals surface area contributed by atoms with Crippen molar-refractivity contribution in [3.8, 4) is 0 Å². The van der Waals surface area contributed by atoms with Gasteiger partial charge >= 0.3 is 0 Å². The fourth-order valence-electron chi connectivity index (χ4n) is 3.21. The van der Waals surface area contributed by atoms with E-state index in [2.05, 4.69) is 72.6 Å². The van der Waals surface area contributed by atoms with Gasteiger partial charge in [-0.3, -0.25) is 0 Å². The first kappa shape index (κ1) is 12.5. The molecule has 1 aliphatic heterocycles. The first-order valence-electron chi connectivity index (χ1n) is 7.52. The molecule has 0 N–H and O–H groups in total. The van der Waals surface area contributed by atoms with Crippen molar-refractivity contribution in [1.82, 2.24) is 0 Å². The lowest BCUT2D eigenvalue weighted by atomic mass is 9.98. The number of hydrogen-bond donors (Lipinski definition) is 0. The molecule has 1 heterocycles. The van der Waals surface area contributed by atoms with Gasteiger partial charge in [0.1, 0.15) is 0 Å². The maximum Gasteiger partial charge on any atom is 0.0740 e. The maximum atomic E-state index is 4.56. The minimum absolute atomic E-state index is 0.555. The predicted molar refractivity (Wildman–Crippen MR) is 87.0 cm³/mol. The quantitative estimate of drug-likeness (QED) is 0.786. The molecular weight excluding hydrogens is 256 g/mol. The van der Waals surface area contributed by atoms with E-state index in [1.54, 1.807) is 0 Å². The number of aryl methyl sites for hydroxylation is 2. The minimum atomic E-state index is 0.555. The summed E-state index contributed by atoms with van der Waals surface area (Å²) in [6, 6.07) is 17.2. The number of nitrogens with zero attached hydrogens (tertiary/aromatic N) is 2. The third-order valence-electron chi connectivity index (χ3n) is 4.39. The molecule has 0 saturated heterocycles. The Balaban J connectivity index is 1.72. The van der Waals surface area contributed by atoms with E-state index in [1.165, 1.54) is 40.1 Å². The van der Waals surface area contributed by atoms with E-state index < -0.39 is 0 Å². The molecule has 0 radical (unpaired) electrons. The second kappa shape index (κ2) is 4.66. The van der Waals surface area contributed by atoms with Crippen LogP contribution in [0.15, 0.2) is 58.7 Å². The van der Waals surface area contributed by atoms with Crippen LogP contribution in [-0.4, -0.2) is 11.4 Å². The zero-order valence-electron chi connectivity index (χ0n) is 12.4. The Bertz CT molecular complexity index is 705. The molecule has 1 fully saturated rings. The molecule has 1 aliphatic carbocycles. The van der Waals surface area contributed by atoms with Crippen molar-refractivity contribution < 1.29 is 0 Å². The van der Waals surface area contributed by atoms with Gasteiger partial charge < -0.3 is 0 Å². The monoisotopic (exact) mass is 274 g/mol. The largest absolute Gasteiger partial charge is 0.154 e. The van der Waals surface area contributed by atoms with Crippen molar-refractivity contribution in [2.45, 2.75) is 20.3 Å². The van der Waals surface area contributed by atoms with Gasteiger partial charge in [-0.25, -0.2) is 0 Å². The van der Waals surface area contributed by atoms with Crippen LogP contribution in [0.4, 0.5) is 0 Å². The standard InChI is InChI=1S/C19H18N2/c1-12-5-3-7-14(9-12)18-16-11-17(16)19(21-20-18)15-8-4-6-13(2)10-15/h3-10,16-17H,11H2,1-2H3. The fraction of sp³-hybridized carbons (Fsp3) is 0.263. The molecule has 0 spiro atoms. The van der Waals surface area contributed by atoms with Crippen LogP contribution >= 0.6 is 0 Å². The molecule has 104 valence electrons. The molecule has 2 atom stereocenters. The first-order valence-corrected chi connectivity index (χ1v) is 7.52. The van der Waals surface area contributed by atoms with Gasteiger partial charge in [0, 0.05) is 11.8 Å². The Morgan fingerprint density at radius 2 is 1.24 bits per heavy atom. The second-order valence-electron chi connectivity index (χ2n) is 6.16. The smallest absolute Gasteiger partial charge is 0.0740 e. The Morgan fingerprint density at radius 1 is 0.762 bits per heavy atom. The first-order chi connectivity index (χ1) is 10.2. The average Bonchev–Trinajstić information content (AvgIpc) is 3.26. The number of hydrogen-bond acceptors (Lipinski definition) is 2. The highest BCUT2D eigenvalue weighted by Gasteiger charge is 2.47. The van der Waals surface area contributed by atoms with Crippen LogP contribution < -0.4 is 0 Å². The van der Waals surface area contributed by atoms with Gasteiger partial charge in [0.05, 0.1) is 11.4 Å². The lowest BCUT2D eigenvalue weighted by molar-refractivity contribution is 0.998. The van der Waals surface area contributed by atoms with Crippen molar-refractivity contribution in [3.05, 3.63) is 70.8 Å². The molecule has 2 aliphatic rings. The highest BCUT2D eigenvalue weighted by atomic mass is 15.2. The van der Waals surface area contributed by atoms with Crippen LogP contribution in [-0.2, 0) is 0 Å². The molecule has 2 aromatic rings. The number of fused-ring (bicyclic) bond motifs is 1. The average molecular weight is 274 g/mol. The Labute approximate surface area is 125 Å². The van der Waals surface area contributed by atoms with Crippen molar-refractivity contribution in [2.75, 3.05) is 0 Å². The summed E-state index contributed by atoms with van der Waals surface area (Å²) >= 11 is 0. The van der Waals surface area contributed by atoms with E-state index in [0.717, 1.165) is 0 Å². The summed E-state index contributed by atoms with van der Waals surface area (Å²) < 4.78 is 0. The number of benzene rings is 2. The molecule has 2 unspecified atom stereocenters. The summed E-state index contributed by atoms with van der Waals surface area (Å²) in [5.41, 5.74) is 7.35. The van der Waals surface area contributed by atoms with E-state index in [9.17, 15) is 0 Å². The topological polar surface area (TPSA) is 24.7 Å². The Kier molecular flexibility index (Phi) is 2.78. The number of rotatable bonds is 2. The van der Waals surface area contributed by atoms with Crippen molar-refractivity contribution in [2.24, 2.45) is 22.0 Å². The Morgan fingerprint density at radius 3 is 1.67 bits per heavy atom. The molecule has 0 bridgehead atoms. The Hall–Kier alpha value is -2.22. The van der Waals surface area contributed by atoms with E-state index in [1.807, 2.05) is 0 Å². The van der Waals surface area contributed by atoms with Gasteiger partial charge in [-0.15, -0.1) is 0 Å². The lowest BCUT2D eigenvalue weighted by Crippen LogP contribution is -2.15. The minimum Gasteiger partial charge on any atom is -0.154 e. The SMILES string of the molecule is Cc1cccc(C2=NN=C(c3cccc(C)c3)C3CC23)c1. The second-order valence-corrected chi connectivity index (χ2v) is 6.16. The zero-order chi connectivity index (χ0) is 14.4. The van der Waals surface area contributed by atoms with Crippen molar-refractivity contribution in [1.29, 1.82) is 0 Å². The van der Waals surface area contributed by atoms with E-state index in [-0.39, 0.29) is 0 Å². The summed E-state index contributed by atoms with van der Waals surface area (Å²) in [4.78, 5) is 0. The summed E-state index contributed by atoms with van der Waals surface area (Å²) in [5.74, 6) is 1.11. The van der Waals surface area contributed by atoms with E-state index in [4.69, 9.17) is 0 Å². The third kappa shape index (κ3) is 2.21. The molecule has 1 saturated carbocycles. The van der Waals surface area contributed by atoms with Crippen LogP contribution in [0.25, 0.3) is 0 Å². The van der Waals surface area contributed by atoms with E-state index >= 15 is 0 Å². The normalized spacial score (nSPS) is 23.1. The molecule has 2 nitrogen and oxygen atoms in total. The van der Waals surface area contributed by atoms with Gasteiger partial charge in [-0.1, -0.05) is 59.7 Å². The van der Waals surface area contributed by atoms with E-state index in [0.29, 0.717) is 11.8 Å². The van der Waals surface area contributed by atoms with Gasteiger partial charge in [-0.2, -0.15) is 10.2 Å². The van der Waals surface area contributed by atoms with Crippen LogP contribution in [0, 0.1) is 25.7 Å². The van der Waals surface area contributed by atoms with Gasteiger partial charge in [0.25, 0.3) is 0 Å². The van der Waals surface area contributed by atoms with Gasteiger partial charge in [0.15, 0.2) is 0 Å². The molecule has 21 heavy (non-hydrogen) atoms. The molecule has 2 aromatic carbocycles. The van der Waals surface area contributed by atoms with Crippen LogP contribution in [0.1, 0.15) is 28.7 Å². The molecule has 2 heteroatoms. The highest BCUT2D eigenvalue weighted by Crippen LogP contribution is 2.46. The lowest BCUT2D eigenvalue weighted by Gasteiger charge is -2.13. The highest BCUT2D eigenvalue weighted by molar-refractivity contribution is 6.14. The zero-order valence-corrected chi connectivity index (χ0v) is 12.4. The van der Waals surface area contributed by atoms with Gasteiger partial charge in [0.2, 0.25) is 0 Å². The molecular formula is C19H18N2. The molecule has 0 amide bonds. The molecule has 0 aromatic heterocycles. The van der Waals surface area contributed by atoms with Crippen LogP contribution in [0.3, 0.4) is 0 Å². The van der Waals surface area contributed by atoms with Crippen molar-refractivity contribution in [3.63, 3.8) is 0 Å². The predicted octanol–water partition coefficient (Wildman–Crippen LogP) is 4.15.